The first-order chi connectivity index (χ1) is 10.1. The molecule has 104 valence electrons. The van der Waals surface area contributed by atoms with Crippen molar-refractivity contribution in [3.63, 3.8) is 0 Å². The Kier molecular flexibility index (Phi) is 2.87. The molecule has 7 nitrogen and oxygen atoms in total. The SMILES string of the molecule is O=C(O)c1cc([N+](=O)[O-])ccc1-c1nc2ccccc2[nH]1. The Labute approximate surface area is 118 Å². The number of H-pyrrole nitrogens is 1. The van der Waals surface area contributed by atoms with Gasteiger partial charge in [-0.15, -0.1) is 0 Å². The number of nitro benzene ring substituents is 1. The summed E-state index contributed by atoms with van der Waals surface area (Å²) >= 11 is 0. The predicted octanol–water partition coefficient (Wildman–Crippen LogP) is 2.84. The van der Waals surface area contributed by atoms with Crippen LogP contribution in [0.25, 0.3) is 22.4 Å². The van der Waals surface area contributed by atoms with Gasteiger partial charge in [-0.25, -0.2) is 9.78 Å². The van der Waals surface area contributed by atoms with Gasteiger partial charge in [0.25, 0.3) is 5.69 Å². The molecule has 0 spiro atoms. The van der Waals surface area contributed by atoms with Crippen LogP contribution in [0.4, 0.5) is 5.69 Å². The minimum atomic E-state index is -1.24. The number of carbonyl (C=O) groups is 1. The van der Waals surface area contributed by atoms with Gasteiger partial charge in [0, 0.05) is 17.7 Å². The van der Waals surface area contributed by atoms with Crippen LogP contribution in [0.2, 0.25) is 0 Å². The molecule has 0 atom stereocenters. The van der Waals surface area contributed by atoms with Crippen molar-refractivity contribution >= 4 is 22.7 Å². The van der Waals surface area contributed by atoms with Gasteiger partial charge in [0.05, 0.1) is 21.5 Å². The van der Waals surface area contributed by atoms with E-state index in [0.717, 1.165) is 11.6 Å². The molecule has 3 aromatic rings. The van der Waals surface area contributed by atoms with E-state index in [9.17, 15) is 20.0 Å². The molecule has 2 aromatic carbocycles. The van der Waals surface area contributed by atoms with Gasteiger partial charge < -0.3 is 10.1 Å². The molecule has 7 heteroatoms. The number of non-ortho nitro benzene ring substituents is 1. The molecule has 0 aliphatic heterocycles. The number of aromatic carboxylic acids is 1. The van der Waals surface area contributed by atoms with Crippen molar-refractivity contribution in [2.24, 2.45) is 0 Å². The first-order valence-corrected chi connectivity index (χ1v) is 6.03. The van der Waals surface area contributed by atoms with Crippen molar-refractivity contribution in [1.82, 2.24) is 9.97 Å². The maximum Gasteiger partial charge on any atom is 0.336 e. The normalized spacial score (nSPS) is 10.7. The molecule has 0 bridgehead atoms. The Hall–Kier alpha value is -3.22. The van der Waals surface area contributed by atoms with Gasteiger partial charge in [-0.1, -0.05) is 12.1 Å². The number of nitrogens with zero attached hydrogens (tertiary/aromatic N) is 2. The van der Waals surface area contributed by atoms with E-state index in [4.69, 9.17) is 0 Å². The first-order valence-electron chi connectivity index (χ1n) is 6.03. The van der Waals surface area contributed by atoms with Crippen molar-refractivity contribution in [1.29, 1.82) is 0 Å². The third-order valence-electron chi connectivity index (χ3n) is 3.09. The van der Waals surface area contributed by atoms with E-state index in [0.29, 0.717) is 16.9 Å². The van der Waals surface area contributed by atoms with E-state index in [1.165, 1.54) is 12.1 Å². The number of hydrogen-bond donors (Lipinski definition) is 2. The Morgan fingerprint density at radius 1 is 1.24 bits per heavy atom. The molecule has 0 radical (unpaired) electrons. The van der Waals surface area contributed by atoms with E-state index in [2.05, 4.69) is 9.97 Å². The fraction of sp³-hybridized carbons (Fsp3) is 0. The van der Waals surface area contributed by atoms with Crippen LogP contribution in [0.15, 0.2) is 42.5 Å². The zero-order valence-electron chi connectivity index (χ0n) is 10.6. The van der Waals surface area contributed by atoms with Gasteiger partial charge in [-0.2, -0.15) is 0 Å². The topological polar surface area (TPSA) is 109 Å². The van der Waals surface area contributed by atoms with Crippen molar-refractivity contribution < 1.29 is 14.8 Å². The Morgan fingerprint density at radius 2 is 2.00 bits per heavy atom. The van der Waals surface area contributed by atoms with Crippen LogP contribution in [0, 0.1) is 10.1 Å². The average Bonchev–Trinajstić information content (AvgIpc) is 2.90. The molecular weight excluding hydrogens is 274 g/mol. The third-order valence-corrected chi connectivity index (χ3v) is 3.09. The molecule has 0 aliphatic rings. The van der Waals surface area contributed by atoms with Crippen LogP contribution in [-0.2, 0) is 0 Å². The second-order valence-corrected chi connectivity index (χ2v) is 4.39. The molecule has 2 N–H and O–H groups in total. The first kappa shape index (κ1) is 12.8. The summed E-state index contributed by atoms with van der Waals surface area (Å²) in [6.45, 7) is 0. The smallest absolute Gasteiger partial charge is 0.336 e. The summed E-state index contributed by atoms with van der Waals surface area (Å²) in [6.07, 6.45) is 0. The highest BCUT2D eigenvalue weighted by Gasteiger charge is 2.19. The molecule has 0 unspecified atom stereocenters. The van der Waals surface area contributed by atoms with Crippen molar-refractivity contribution in [3.05, 3.63) is 58.1 Å². The zero-order valence-corrected chi connectivity index (χ0v) is 10.6. The van der Waals surface area contributed by atoms with Crippen LogP contribution >= 0.6 is 0 Å². The van der Waals surface area contributed by atoms with E-state index in [-0.39, 0.29) is 11.3 Å². The average molecular weight is 283 g/mol. The minimum Gasteiger partial charge on any atom is -0.478 e. The van der Waals surface area contributed by atoms with E-state index in [1.807, 2.05) is 18.2 Å². The van der Waals surface area contributed by atoms with Gasteiger partial charge in [0.15, 0.2) is 0 Å². The third kappa shape index (κ3) is 2.20. The minimum absolute atomic E-state index is 0.164. The highest BCUT2D eigenvalue weighted by molar-refractivity contribution is 5.96. The molecule has 0 saturated heterocycles. The number of imidazole rings is 1. The number of nitro groups is 1. The van der Waals surface area contributed by atoms with Crippen LogP contribution in [0.3, 0.4) is 0 Å². The monoisotopic (exact) mass is 283 g/mol. The number of nitrogens with one attached hydrogen (secondary N) is 1. The van der Waals surface area contributed by atoms with Gasteiger partial charge in [0.2, 0.25) is 0 Å². The number of rotatable bonds is 3. The van der Waals surface area contributed by atoms with Crippen LogP contribution in [0.5, 0.6) is 0 Å². The quantitative estimate of drug-likeness (QED) is 0.567. The molecule has 0 saturated carbocycles. The number of carboxylic acid groups (broad SMARTS) is 1. The number of aromatic nitrogens is 2. The molecule has 0 amide bonds. The molecule has 3 rings (SSSR count). The summed E-state index contributed by atoms with van der Waals surface area (Å²) in [5, 5.41) is 20.0. The fourth-order valence-corrected chi connectivity index (χ4v) is 2.11. The van der Waals surface area contributed by atoms with Crippen LogP contribution < -0.4 is 0 Å². The van der Waals surface area contributed by atoms with E-state index >= 15 is 0 Å². The van der Waals surface area contributed by atoms with E-state index in [1.54, 1.807) is 6.07 Å². The molecule has 1 heterocycles. The van der Waals surface area contributed by atoms with Crippen LogP contribution in [-0.4, -0.2) is 26.0 Å². The Bertz CT molecular complexity index is 837. The van der Waals surface area contributed by atoms with Crippen molar-refractivity contribution in [2.75, 3.05) is 0 Å². The summed E-state index contributed by atoms with van der Waals surface area (Å²) in [7, 11) is 0. The largest absolute Gasteiger partial charge is 0.478 e. The highest BCUT2D eigenvalue weighted by Crippen LogP contribution is 2.27. The second-order valence-electron chi connectivity index (χ2n) is 4.39. The van der Waals surface area contributed by atoms with Gasteiger partial charge in [0.1, 0.15) is 5.82 Å². The molecule has 0 aliphatic carbocycles. The maximum atomic E-state index is 11.3. The number of benzene rings is 2. The lowest BCUT2D eigenvalue weighted by atomic mass is 10.1. The zero-order chi connectivity index (χ0) is 15.0. The number of para-hydroxylation sites is 2. The predicted molar refractivity (Wildman–Crippen MR) is 75.1 cm³/mol. The number of hydrogen-bond acceptors (Lipinski definition) is 4. The molecular formula is C14H9N3O4. The van der Waals surface area contributed by atoms with Gasteiger partial charge >= 0.3 is 5.97 Å². The fourth-order valence-electron chi connectivity index (χ4n) is 2.11. The van der Waals surface area contributed by atoms with Crippen molar-refractivity contribution in [3.8, 4) is 11.4 Å². The van der Waals surface area contributed by atoms with Gasteiger partial charge in [-0.05, 0) is 18.2 Å². The van der Waals surface area contributed by atoms with Crippen molar-refractivity contribution in [2.45, 2.75) is 0 Å². The van der Waals surface area contributed by atoms with E-state index < -0.39 is 10.9 Å². The summed E-state index contributed by atoms with van der Waals surface area (Å²) in [5.74, 6) is -0.877. The lowest BCUT2D eigenvalue weighted by molar-refractivity contribution is -0.384. The van der Waals surface area contributed by atoms with Gasteiger partial charge in [-0.3, -0.25) is 10.1 Å². The van der Waals surface area contributed by atoms with Crippen LogP contribution in [0.1, 0.15) is 10.4 Å². The molecule has 21 heavy (non-hydrogen) atoms. The molecule has 0 fully saturated rings. The molecule has 1 aromatic heterocycles. The highest BCUT2D eigenvalue weighted by atomic mass is 16.6. The maximum absolute atomic E-state index is 11.3. The summed E-state index contributed by atoms with van der Waals surface area (Å²) < 4.78 is 0. The lowest BCUT2D eigenvalue weighted by Crippen LogP contribution is -2.02. The summed E-state index contributed by atoms with van der Waals surface area (Å²) in [4.78, 5) is 28.8. The Morgan fingerprint density at radius 3 is 2.67 bits per heavy atom. The number of aromatic amines is 1. The number of fused-ring (bicyclic) bond motifs is 1. The summed E-state index contributed by atoms with van der Waals surface area (Å²) in [6, 6.07) is 10.9. The summed E-state index contributed by atoms with van der Waals surface area (Å²) in [5.41, 5.74) is 1.34. The lowest BCUT2D eigenvalue weighted by Gasteiger charge is -2.02. The second kappa shape index (κ2) is 4.71. The standard InChI is InChI=1S/C14H9N3O4/c18-14(19)10-7-8(17(20)21)5-6-9(10)13-15-11-3-1-2-4-12(11)16-13/h1-7H,(H,15,16)(H,18,19). The number of carboxylic acids is 1. The Balaban J connectivity index is 2.21.